The molecule has 0 heterocycles. The van der Waals surface area contributed by atoms with E-state index in [0.29, 0.717) is 0 Å². The molecule has 90 valence electrons. The zero-order chi connectivity index (χ0) is 13.6. The van der Waals surface area contributed by atoms with Gasteiger partial charge in [-0.1, -0.05) is 25.8 Å². The molecule has 0 aromatic carbocycles. The first-order valence-corrected chi connectivity index (χ1v) is 3.73. The molecule has 0 atom stereocenters. The monoisotopic (exact) mass is 230 g/mol. The lowest BCUT2D eigenvalue weighted by molar-refractivity contribution is -0.132. The number of aliphatic hydroxyl groups is 2. The highest BCUT2D eigenvalue weighted by Crippen LogP contribution is 1.75. The van der Waals surface area contributed by atoms with Crippen LogP contribution < -0.4 is 0 Å². The van der Waals surface area contributed by atoms with Crippen LogP contribution in [-0.2, 0) is 9.59 Å². The van der Waals surface area contributed by atoms with E-state index < -0.39 is 17.9 Å². The van der Waals surface area contributed by atoms with Gasteiger partial charge in [0.1, 0.15) is 0 Å². The van der Waals surface area contributed by atoms with Crippen LogP contribution in [-0.4, -0.2) is 32.4 Å². The van der Waals surface area contributed by atoms with E-state index in [1.807, 2.05) is 0 Å². The Morgan fingerprint density at radius 1 is 0.812 bits per heavy atom. The van der Waals surface area contributed by atoms with Crippen molar-refractivity contribution < 1.29 is 30.0 Å². The van der Waals surface area contributed by atoms with Gasteiger partial charge in [0.15, 0.2) is 0 Å². The predicted molar refractivity (Wildman–Crippen MR) is 59.2 cm³/mol. The lowest BCUT2D eigenvalue weighted by atomic mass is 10.6. The van der Waals surface area contributed by atoms with Gasteiger partial charge in [-0.25, -0.2) is 9.59 Å². The first kappa shape index (κ1) is 19.1. The standard InChI is InChI=1S/C4H6O2.2C3H4O2/c1-2-3-4(5)6;2*1-2-3(4)5/h2-3,5-6H,1H2;2*2H,1H2,(H,4,5). The normalized spacial score (nSPS) is 6.50. The third-order valence-corrected chi connectivity index (χ3v) is 0.616. The van der Waals surface area contributed by atoms with E-state index >= 15 is 0 Å². The summed E-state index contributed by atoms with van der Waals surface area (Å²) < 4.78 is 0. The number of carbonyl (C=O) groups is 2. The average molecular weight is 230 g/mol. The fourth-order valence-electron chi connectivity index (χ4n) is 0.105. The Hall–Kier alpha value is -2.50. The molecule has 6 heteroatoms. The molecule has 0 amide bonds. The summed E-state index contributed by atoms with van der Waals surface area (Å²) in [6, 6.07) is 0. The zero-order valence-electron chi connectivity index (χ0n) is 8.54. The quantitative estimate of drug-likeness (QED) is 0.333. The molecule has 0 radical (unpaired) electrons. The highest BCUT2D eigenvalue weighted by Gasteiger charge is 1.74. The van der Waals surface area contributed by atoms with Crippen molar-refractivity contribution in [2.75, 3.05) is 0 Å². The Balaban J connectivity index is -0.000000160. The number of aliphatic hydroxyl groups excluding tert-OH is 1. The van der Waals surface area contributed by atoms with E-state index in [0.717, 1.165) is 18.2 Å². The molecule has 0 bridgehead atoms. The molecule has 16 heavy (non-hydrogen) atoms. The number of carboxylic acids is 2. The van der Waals surface area contributed by atoms with Crippen LogP contribution >= 0.6 is 0 Å². The van der Waals surface area contributed by atoms with Gasteiger partial charge in [-0.15, -0.1) is 0 Å². The fourth-order valence-corrected chi connectivity index (χ4v) is 0.105. The lowest BCUT2D eigenvalue weighted by Crippen LogP contribution is -1.82. The SMILES string of the molecule is C=CC(=O)O.C=CC(=O)O.C=CC=C(O)O. The molecule has 0 unspecified atom stereocenters. The Kier molecular flexibility index (Phi) is 17.9. The Labute approximate surface area is 92.8 Å². The number of hydrogen-bond acceptors (Lipinski definition) is 4. The number of aliphatic carboxylic acids is 2. The average Bonchev–Trinajstić information content (AvgIpc) is 2.19. The first-order valence-electron chi connectivity index (χ1n) is 3.73. The van der Waals surface area contributed by atoms with Crippen molar-refractivity contribution in [3.8, 4) is 0 Å². The second-order valence-electron chi connectivity index (χ2n) is 1.85. The third-order valence-electron chi connectivity index (χ3n) is 0.616. The van der Waals surface area contributed by atoms with Gasteiger partial charge < -0.3 is 20.4 Å². The summed E-state index contributed by atoms with van der Waals surface area (Å²) >= 11 is 0. The molecule has 0 spiro atoms. The van der Waals surface area contributed by atoms with Crippen molar-refractivity contribution in [2.45, 2.75) is 0 Å². The van der Waals surface area contributed by atoms with Gasteiger partial charge in [-0.3, -0.25) is 0 Å². The molecule has 0 fully saturated rings. The molecule has 0 aromatic heterocycles. The summed E-state index contributed by atoms with van der Waals surface area (Å²) in [5.41, 5.74) is 0. The fraction of sp³-hybridized carbons (Fsp3) is 0. The maximum atomic E-state index is 9.25. The van der Waals surface area contributed by atoms with Crippen molar-refractivity contribution in [3.63, 3.8) is 0 Å². The van der Waals surface area contributed by atoms with Crippen molar-refractivity contribution in [1.82, 2.24) is 0 Å². The largest absolute Gasteiger partial charge is 0.481 e. The maximum Gasteiger partial charge on any atom is 0.327 e. The van der Waals surface area contributed by atoms with Gasteiger partial charge in [0.25, 0.3) is 5.95 Å². The minimum atomic E-state index is -0.981. The van der Waals surface area contributed by atoms with Gasteiger partial charge >= 0.3 is 11.9 Å². The molecule has 0 saturated carbocycles. The molecule has 0 aliphatic heterocycles. The van der Waals surface area contributed by atoms with E-state index in [-0.39, 0.29) is 0 Å². The van der Waals surface area contributed by atoms with Gasteiger partial charge in [-0.2, -0.15) is 0 Å². The summed E-state index contributed by atoms with van der Waals surface area (Å²) in [6.07, 6.45) is 4.04. The van der Waals surface area contributed by atoms with Gasteiger partial charge in [0.2, 0.25) is 0 Å². The minimum absolute atomic E-state index is 0.704. The highest BCUT2D eigenvalue weighted by molar-refractivity contribution is 5.79. The Bertz CT molecular complexity index is 255. The summed E-state index contributed by atoms with van der Waals surface area (Å²) in [4.78, 5) is 18.5. The van der Waals surface area contributed by atoms with Crippen LogP contribution in [0.5, 0.6) is 0 Å². The molecule has 0 aromatic rings. The summed E-state index contributed by atoms with van der Waals surface area (Å²) in [5, 5.41) is 31.0. The van der Waals surface area contributed by atoms with Gasteiger partial charge in [0, 0.05) is 18.2 Å². The Morgan fingerprint density at radius 3 is 1.06 bits per heavy atom. The third kappa shape index (κ3) is 62.6. The van der Waals surface area contributed by atoms with Crippen molar-refractivity contribution in [3.05, 3.63) is 50.0 Å². The van der Waals surface area contributed by atoms with Crippen LogP contribution in [0.2, 0.25) is 0 Å². The van der Waals surface area contributed by atoms with Crippen LogP contribution in [0.4, 0.5) is 0 Å². The van der Waals surface area contributed by atoms with Crippen molar-refractivity contribution >= 4 is 11.9 Å². The maximum absolute atomic E-state index is 9.25. The minimum Gasteiger partial charge on any atom is -0.481 e. The number of carboxylic acid groups (broad SMARTS) is 2. The van der Waals surface area contributed by atoms with Gasteiger partial charge in [-0.05, 0) is 0 Å². The van der Waals surface area contributed by atoms with E-state index in [1.54, 1.807) is 0 Å². The second-order valence-corrected chi connectivity index (χ2v) is 1.85. The van der Waals surface area contributed by atoms with E-state index in [9.17, 15) is 9.59 Å². The lowest BCUT2D eigenvalue weighted by Gasteiger charge is -1.76. The zero-order valence-corrected chi connectivity index (χ0v) is 8.54. The van der Waals surface area contributed by atoms with Crippen LogP contribution in [0.15, 0.2) is 50.0 Å². The summed E-state index contributed by atoms with van der Waals surface area (Å²) in [7, 11) is 0. The molecular formula is C10H14O6. The molecule has 4 N–H and O–H groups in total. The highest BCUT2D eigenvalue weighted by atomic mass is 16.5. The van der Waals surface area contributed by atoms with E-state index in [2.05, 4.69) is 19.7 Å². The molecule has 0 rings (SSSR count). The number of allylic oxidation sites excluding steroid dienone is 2. The van der Waals surface area contributed by atoms with Crippen LogP contribution in [0, 0.1) is 0 Å². The second kappa shape index (κ2) is 15.0. The summed E-state index contributed by atoms with van der Waals surface area (Å²) in [5.74, 6) is -2.67. The van der Waals surface area contributed by atoms with E-state index in [4.69, 9.17) is 20.4 Å². The molecule has 0 aliphatic rings. The van der Waals surface area contributed by atoms with Crippen molar-refractivity contribution in [1.29, 1.82) is 0 Å². The molecule has 6 nitrogen and oxygen atoms in total. The molecule has 0 saturated heterocycles. The smallest absolute Gasteiger partial charge is 0.327 e. The van der Waals surface area contributed by atoms with E-state index in [1.165, 1.54) is 6.08 Å². The van der Waals surface area contributed by atoms with Crippen LogP contribution in [0.25, 0.3) is 0 Å². The predicted octanol–water partition coefficient (Wildman–Crippen LogP) is 1.64. The number of hydrogen-bond donors (Lipinski definition) is 4. The number of rotatable bonds is 3. The van der Waals surface area contributed by atoms with Gasteiger partial charge in [0.05, 0.1) is 0 Å². The Morgan fingerprint density at radius 2 is 1.06 bits per heavy atom. The van der Waals surface area contributed by atoms with Crippen LogP contribution in [0.3, 0.4) is 0 Å². The topological polar surface area (TPSA) is 115 Å². The van der Waals surface area contributed by atoms with Crippen LogP contribution in [0.1, 0.15) is 0 Å². The first-order chi connectivity index (χ1) is 7.31. The molecular weight excluding hydrogens is 216 g/mol. The summed E-state index contributed by atoms with van der Waals surface area (Å²) in [6.45, 7) is 9.13. The van der Waals surface area contributed by atoms with Crippen molar-refractivity contribution in [2.24, 2.45) is 0 Å². The molecule has 0 aliphatic carbocycles.